The minimum Gasteiger partial charge on any atom is -0.483 e. The zero-order valence-electron chi connectivity index (χ0n) is 14.6. The molecule has 0 fully saturated rings. The monoisotopic (exact) mass is 383 g/mol. The predicted molar refractivity (Wildman–Crippen MR) is 104 cm³/mol. The van der Waals surface area contributed by atoms with Crippen LogP contribution in [-0.4, -0.2) is 22.0 Å². The molecule has 0 aliphatic heterocycles. The molecule has 3 rings (SSSR count). The van der Waals surface area contributed by atoms with Gasteiger partial charge in [-0.25, -0.2) is 0 Å². The number of benzene rings is 2. The number of nitrogens with zero attached hydrogens (tertiary/aromatic N) is 3. The first kappa shape index (κ1) is 18.5. The molecule has 27 heavy (non-hydrogen) atoms. The Kier molecular flexibility index (Phi) is 5.46. The van der Waals surface area contributed by atoms with Crippen molar-refractivity contribution in [3.05, 3.63) is 75.6 Å². The average molecular weight is 383 g/mol. The quantitative estimate of drug-likeness (QED) is 0.370. The van der Waals surface area contributed by atoms with Crippen LogP contribution in [0.3, 0.4) is 0 Å². The fourth-order valence-electron chi connectivity index (χ4n) is 2.56. The van der Waals surface area contributed by atoms with Crippen LogP contribution in [0, 0.1) is 17.0 Å². The number of aryl methyl sites for hydroxylation is 1. The number of thiazole rings is 1. The van der Waals surface area contributed by atoms with E-state index in [1.165, 1.54) is 23.5 Å². The van der Waals surface area contributed by atoms with Crippen molar-refractivity contribution < 1.29 is 14.5 Å². The van der Waals surface area contributed by atoms with Crippen molar-refractivity contribution in [2.24, 2.45) is 4.99 Å². The minimum absolute atomic E-state index is 0.00438. The number of fused-ring (bicyclic) bond motifs is 1. The summed E-state index contributed by atoms with van der Waals surface area (Å²) < 4.78 is 8.01. The molecule has 0 aliphatic rings. The lowest BCUT2D eigenvalue weighted by molar-refractivity contribution is -0.384. The van der Waals surface area contributed by atoms with Gasteiger partial charge in [0.2, 0.25) is 0 Å². The maximum atomic E-state index is 12.3. The van der Waals surface area contributed by atoms with Crippen LogP contribution in [0.25, 0.3) is 10.2 Å². The Labute approximate surface area is 159 Å². The van der Waals surface area contributed by atoms with E-state index in [1.807, 2.05) is 25.1 Å². The van der Waals surface area contributed by atoms with Crippen LogP contribution in [0.15, 0.2) is 60.1 Å². The van der Waals surface area contributed by atoms with Gasteiger partial charge in [-0.15, -0.1) is 6.58 Å². The molecule has 0 aliphatic carbocycles. The molecule has 0 atom stereocenters. The van der Waals surface area contributed by atoms with Crippen LogP contribution in [0.4, 0.5) is 5.69 Å². The zero-order chi connectivity index (χ0) is 19.4. The van der Waals surface area contributed by atoms with Gasteiger partial charge in [-0.05, 0) is 24.6 Å². The van der Waals surface area contributed by atoms with Crippen molar-refractivity contribution in [2.45, 2.75) is 13.5 Å². The number of amides is 1. The Balaban J connectivity index is 1.92. The summed E-state index contributed by atoms with van der Waals surface area (Å²) >= 11 is 1.22. The van der Waals surface area contributed by atoms with Crippen LogP contribution in [-0.2, 0) is 11.3 Å². The van der Waals surface area contributed by atoms with E-state index >= 15 is 0 Å². The van der Waals surface area contributed by atoms with Crippen molar-refractivity contribution >= 4 is 33.1 Å². The summed E-state index contributed by atoms with van der Waals surface area (Å²) in [5.74, 6) is 0.198. The molecule has 0 saturated carbocycles. The number of nitro groups is 1. The second kappa shape index (κ2) is 7.96. The fraction of sp³-hybridized carbons (Fsp3) is 0.158. The fourth-order valence-corrected chi connectivity index (χ4v) is 3.65. The SMILES string of the molecule is C=CCn1c(=NC(=O)COc2ccccc2C)sc2cc([N+](=O)[O-])ccc21. The third-order valence-electron chi connectivity index (χ3n) is 3.85. The largest absolute Gasteiger partial charge is 0.483 e. The molecule has 0 unspecified atom stereocenters. The topological polar surface area (TPSA) is 86.7 Å². The second-order valence-corrected chi connectivity index (χ2v) is 6.76. The van der Waals surface area contributed by atoms with Crippen LogP contribution in [0.1, 0.15) is 5.56 Å². The molecule has 138 valence electrons. The van der Waals surface area contributed by atoms with Gasteiger partial charge in [0, 0.05) is 18.7 Å². The number of hydrogen-bond acceptors (Lipinski definition) is 5. The molecule has 1 heterocycles. The summed E-state index contributed by atoms with van der Waals surface area (Å²) in [6, 6.07) is 12.0. The summed E-state index contributed by atoms with van der Waals surface area (Å²) in [6.07, 6.45) is 1.68. The zero-order valence-corrected chi connectivity index (χ0v) is 15.4. The second-order valence-electron chi connectivity index (χ2n) is 5.75. The summed E-state index contributed by atoms with van der Waals surface area (Å²) in [5, 5.41) is 11.0. The molecule has 7 nitrogen and oxygen atoms in total. The Morgan fingerprint density at radius 3 is 2.85 bits per heavy atom. The minimum atomic E-state index is -0.449. The Hall–Kier alpha value is -3.26. The molecular weight excluding hydrogens is 366 g/mol. The van der Waals surface area contributed by atoms with Crippen LogP contribution in [0.5, 0.6) is 5.75 Å². The van der Waals surface area contributed by atoms with Gasteiger partial charge in [-0.3, -0.25) is 14.9 Å². The van der Waals surface area contributed by atoms with Gasteiger partial charge >= 0.3 is 0 Å². The third kappa shape index (κ3) is 4.12. The van der Waals surface area contributed by atoms with E-state index in [4.69, 9.17) is 4.74 Å². The van der Waals surface area contributed by atoms with Gasteiger partial charge in [0.05, 0.1) is 15.1 Å². The van der Waals surface area contributed by atoms with Crippen molar-refractivity contribution in [3.63, 3.8) is 0 Å². The normalized spacial score (nSPS) is 11.5. The molecule has 0 N–H and O–H groups in total. The van der Waals surface area contributed by atoms with Gasteiger partial charge in [-0.1, -0.05) is 35.6 Å². The molecule has 2 aromatic carbocycles. The number of carbonyl (C=O) groups excluding carboxylic acids is 1. The molecule has 1 amide bonds. The van der Waals surface area contributed by atoms with E-state index in [-0.39, 0.29) is 12.3 Å². The predicted octanol–water partition coefficient (Wildman–Crippen LogP) is 3.61. The number of para-hydroxylation sites is 1. The van der Waals surface area contributed by atoms with E-state index in [0.29, 0.717) is 21.8 Å². The molecular formula is C19H17N3O4S. The van der Waals surface area contributed by atoms with Crippen molar-refractivity contribution in [2.75, 3.05) is 6.61 Å². The highest BCUT2D eigenvalue weighted by atomic mass is 32.1. The Bertz CT molecular complexity index is 1100. The highest BCUT2D eigenvalue weighted by molar-refractivity contribution is 7.16. The number of nitro benzene ring substituents is 1. The number of allylic oxidation sites excluding steroid dienone is 1. The van der Waals surface area contributed by atoms with Gasteiger partial charge in [0.15, 0.2) is 11.4 Å². The van der Waals surface area contributed by atoms with Crippen LogP contribution < -0.4 is 9.54 Å². The van der Waals surface area contributed by atoms with Crippen molar-refractivity contribution in [3.8, 4) is 5.75 Å². The maximum absolute atomic E-state index is 12.3. The molecule has 1 aromatic heterocycles. The first-order valence-electron chi connectivity index (χ1n) is 8.14. The lowest BCUT2D eigenvalue weighted by Gasteiger charge is -2.06. The molecule has 3 aromatic rings. The summed E-state index contributed by atoms with van der Waals surface area (Å²) in [4.78, 5) is 27.4. The number of aromatic nitrogens is 1. The lowest BCUT2D eigenvalue weighted by Crippen LogP contribution is -2.19. The standard InChI is InChI=1S/C19H17N3O4S/c1-3-10-21-15-9-8-14(22(24)25)11-17(15)27-19(21)20-18(23)12-26-16-7-5-4-6-13(16)2/h3-9,11H,1,10,12H2,2H3. The summed E-state index contributed by atoms with van der Waals surface area (Å²) in [7, 11) is 0. The number of ether oxygens (including phenoxy) is 1. The van der Waals surface area contributed by atoms with E-state index in [1.54, 1.807) is 22.8 Å². The van der Waals surface area contributed by atoms with Gasteiger partial charge in [-0.2, -0.15) is 4.99 Å². The first-order chi connectivity index (χ1) is 13.0. The summed E-state index contributed by atoms with van der Waals surface area (Å²) in [5.41, 5.74) is 1.69. The summed E-state index contributed by atoms with van der Waals surface area (Å²) in [6.45, 7) is 5.86. The maximum Gasteiger partial charge on any atom is 0.286 e. The number of rotatable bonds is 6. The highest BCUT2D eigenvalue weighted by Gasteiger charge is 2.12. The lowest BCUT2D eigenvalue weighted by atomic mass is 10.2. The molecule has 0 bridgehead atoms. The van der Waals surface area contributed by atoms with E-state index in [9.17, 15) is 14.9 Å². The Morgan fingerprint density at radius 2 is 2.15 bits per heavy atom. The van der Waals surface area contributed by atoms with Gasteiger partial charge < -0.3 is 9.30 Å². The number of non-ortho nitro benzene ring substituents is 1. The van der Waals surface area contributed by atoms with E-state index < -0.39 is 10.8 Å². The van der Waals surface area contributed by atoms with Gasteiger partial charge in [0.25, 0.3) is 11.6 Å². The average Bonchev–Trinajstić information content (AvgIpc) is 2.98. The number of hydrogen-bond donors (Lipinski definition) is 0. The first-order valence-corrected chi connectivity index (χ1v) is 8.96. The van der Waals surface area contributed by atoms with E-state index in [2.05, 4.69) is 11.6 Å². The van der Waals surface area contributed by atoms with Crippen LogP contribution in [0.2, 0.25) is 0 Å². The molecule has 8 heteroatoms. The van der Waals surface area contributed by atoms with Crippen LogP contribution >= 0.6 is 11.3 Å². The van der Waals surface area contributed by atoms with Crippen molar-refractivity contribution in [1.82, 2.24) is 4.57 Å². The van der Waals surface area contributed by atoms with Gasteiger partial charge in [0.1, 0.15) is 5.75 Å². The highest BCUT2D eigenvalue weighted by Crippen LogP contribution is 2.23. The number of carbonyl (C=O) groups is 1. The Morgan fingerprint density at radius 1 is 1.37 bits per heavy atom. The molecule has 0 radical (unpaired) electrons. The van der Waals surface area contributed by atoms with E-state index in [0.717, 1.165) is 11.1 Å². The molecule has 0 saturated heterocycles. The molecule has 0 spiro atoms. The third-order valence-corrected chi connectivity index (χ3v) is 4.90. The van der Waals surface area contributed by atoms with Crippen molar-refractivity contribution in [1.29, 1.82) is 0 Å². The smallest absolute Gasteiger partial charge is 0.286 e.